The van der Waals surface area contributed by atoms with Gasteiger partial charge in [-0.1, -0.05) is 0 Å². The average Bonchev–Trinajstić information content (AvgIpc) is 2.61. The van der Waals surface area contributed by atoms with Crippen LogP contribution in [-0.4, -0.2) is 29.2 Å². The normalized spacial score (nSPS) is 20.0. The smallest absolute Gasteiger partial charge is 0.410 e. The number of carbonyl (C=O) groups excluding carboxylic acids is 1. The predicted molar refractivity (Wildman–Crippen MR) is 58.2 cm³/mol. The molecule has 0 N–H and O–H groups in total. The molecule has 1 aliphatic rings. The standard InChI is InChI=1S/C11H14N2O3/c1-3-13-6-4-5-8(10(13)14)9-7-16-11(15)12(9)2/h4-6,9H,3,7H2,1-2H3. The van der Waals surface area contributed by atoms with Gasteiger partial charge in [0.25, 0.3) is 5.56 Å². The van der Waals surface area contributed by atoms with E-state index in [-0.39, 0.29) is 24.3 Å². The van der Waals surface area contributed by atoms with Crippen molar-refractivity contribution in [1.82, 2.24) is 9.47 Å². The van der Waals surface area contributed by atoms with Crippen LogP contribution in [0.1, 0.15) is 18.5 Å². The Kier molecular flexibility index (Phi) is 2.68. The Labute approximate surface area is 93.2 Å². The summed E-state index contributed by atoms with van der Waals surface area (Å²) in [4.78, 5) is 24.7. The topological polar surface area (TPSA) is 51.5 Å². The fourth-order valence-corrected chi connectivity index (χ4v) is 1.85. The maximum Gasteiger partial charge on any atom is 0.410 e. The first kappa shape index (κ1) is 10.7. The Bertz CT molecular complexity index is 467. The van der Waals surface area contributed by atoms with E-state index in [2.05, 4.69) is 0 Å². The number of amides is 1. The third kappa shape index (κ3) is 1.58. The van der Waals surface area contributed by atoms with E-state index in [9.17, 15) is 9.59 Å². The molecule has 2 rings (SSSR count). The van der Waals surface area contributed by atoms with Crippen LogP contribution in [0.3, 0.4) is 0 Å². The van der Waals surface area contributed by atoms with Crippen molar-refractivity contribution in [2.75, 3.05) is 13.7 Å². The van der Waals surface area contributed by atoms with Gasteiger partial charge in [-0.3, -0.25) is 4.79 Å². The number of hydrogen-bond donors (Lipinski definition) is 0. The van der Waals surface area contributed by atoms with Gasteiger partial charge in [-0.25, -0.2) is 4.79 Å². The van der Waals surface area contributed by atoms with E-state index in [0.29, 0.717) is 12.1 Å². The van der Waals surface area contributed by atoms with Crippen molar-refractivity contribution in [2.24, 2.45) is 0 Å². The summed E-state index contributed by atoms with van der Waals surface area (Å²) in [6, 6.07) is 3.30. The van der Waals surface area contributed by atoms with Gasteiger partial charge in [0.2, 0.25) is 0 Å². The highest BCUT2D eigenvalue weighted by Gasteiger charge is 2.32. The van der Waals surface area contributed by atoms with Crippen molar-refractivity contribution in [3.05, 3.63) is 34.2 Å². The van der Waals surface area contributed by atoms with E-state index in [1.165, 1.54) is 4.90 Å². The van der Waals surface area contributed by atoms with Gasteiger partial charge < -0.3 is 14.2 Å². The molecule has 0 aliphatic carbocycles. The molecule has 1 aliphatic heterocycles. The minimum absolute atomic E-state index is 0.0554. The van der Waals surface area contributed by atoms with Crippen molar-refractivity contribution in [2.45, 2.75) is 19.5 Å². The molecule has 1 atom stereocenters. The van der Waals surface area contributed by atoms with Crippen LogP contribution in [0.5, 0.6) is 0 Å². The molecule has 0 aromatic carbocycles. The zero-order chi connectivity index (χ0) is 11.7. The fourth-order valence-electron chi connectivity index (χ4n) is 1.85. The molecule has 1 amide bonds. The first-order valence-electron chi connectivity index (χ1n) is 5.24. The Hall–Kier alpha value is -1.78. The molecule has 86 valence electrons. The summed E-state index contributed by atoms with van der Waals surface area (Å²) in [6.07, 6.45) is 1.36. The number of cyclic esters (lactones) is 1. The number of likely N-dealkylation sites (N-methyl/N-ethyl adjacent to an activating group) is 1. The third-order valence-corrected chi connectivity index (χ3v) is 2.87. The molecule has 1 saturated heterocycles. The summed E-state index contributed by atoms with van der Waals surface area (Å²) < 4.78 is 6.52. The van der Waals surface area contributed by atoms with E-state index in [1.54, 1.807) is 23.9 Å². The lowest BCUT2D eigenvalue weighted by atomic mass is 10.1. The van der Waals surface area contributed by atoms with Crippen LogP contribution in [0, 0.1) is 0 Å². The summed E-state index contributed by atoms with van der Waals surface area (Å²) in [7, 11) is 1.64. The molecule has 0 saturated carbocycles. The number of ether oxygens (including phenoxy) is 1. The lowest BCUT2D eigenvalue weighted by molar-refractivity contribution is 0.163. The van der Waals surface area contributed by atoms with Gasteiger partial charge in [0, 0.05) is 25.4 Å². The van der Waals surface area contributed by atoms with Gasteiger partial charge in [0.1, 0.15) is 6.61 Å². The van der Waals surface area contributed by atoms with Crippen molar-refractivity contribution in [3.8, 4) is 0 Å². The summed E-state index contributed by atoms with van der Waals surface area (Å²) in [5.74, 6) is 0. The number of aryl methyl sites for hydroxylation is 1. The van der Waals surface area contributed by atoms with Crippen molar-refractivity contribution in [1.29, 1.82) is 0 Å². The second-order valence-electron chi connectivity index (χ2n) is 3.76. The maximum atomic E-state index is 12.0. The van der Waals surface area contributed by atoms with Crippen molar-refractivity contribution < 1.29 is 9.53 Å². The molecule has 0 spiro atoms. The highest BCUT2D eigenvalue weighted by molar-refractivity contribution is 5.70. The molecule has 1 aromatic rings. The van der Waals surface area contributed by atoms with Crippen molar-refractivity contribution >= 4 is 6.09 Å². The minimum atomic E-state index is -0.378. The number of carbonyl (C=O) groups is 1. The molecule has 1 unspecified atom stereocenters. The van der Waals surface area contributed by atoms with Crippen LogP contribution >= 0.6 is 0 Å². The molecule has 2 heterocycles. The highest BCUT2D eigenvalue weighted by Crippen LogP contribution is 2.23. The number of pyridine rings is 1. The maximum absolute atomic E-state index is 12.0. The van der Waals surface area contributed by atoms with Crippen LogP contribution in [-0.2, 0) is 11.3 Å². The van der Waals surface area contributed by atoms with Gasteiger partial charge >= 0.3 is 6.09 Å². The molecular weight excluding hydrogens is 208 g/mol. The molecule has 16 heavy (non-hydrogen) atoms. The van der Waals surface area contributed by atoms with Gasteiger partial charge in [-0.15, -0.1) is 0 Å². The largest absolute Gasteiger partial charge is 0.447 e. The van der Waals surface area contributed by atoms with Crippen LogP contribution < -0.4 is 5.56 Å². The van der Waals surface area contributed by atoms with Crippen LogP contribution in [0.4, 0.5) is 4.79 Å². The first-order valence-corrected chi connectivity index (χ1v) is 5.24. The molecule has 0 bridgehead atoms. The Morgan fingerprint density at radius 3 is 2.81 bits per heavy atom. The van der Waals surface area contributed by atoms with Crippen LogP contribution in [0.25, 0.3) is 0 Å². The molecule has 1 aromatic heterocycles. The highest BCUT2D eigenvalue weighted by atomic mass is 16.6. The first-order chi connectivity index (χ1) is 7.65. The van der Waals surface area contributed by atoms with E-state index < -0.39 is 0 Å². The molecular formula is C11H14N2O3. The Morgan fingerprint density at radius 2 is 2.25 bits per heavy atom. The van der Waals surface area contributed by atoms with E-state index in [4.69, 9.17) is 4.74 Å². The Morgan fingerprint density at radius 1 is 1.50 bits per heavy atom. The number of rotatable bonds is 2. The second kappa shape index (κ2) is 4.00. The summed E-state index contributed by atoms with van der Waals surface area (Å²) >= 11 is 0. The number of aromatic nitrogens is 1. The average molecular weight is 222 g/mol. The molecule has 5 heteroatoms. The van der Waals surface area contributed by atoms with Crippen LogP contribution in [0.15, 0.2) is 23.1 Å². The molecule has 5 nitrogen and oxygen atoms in total. The van der Waals surface area contributed by atoms with E-state index in [1.807, 2.05) is 13.0 Å². The monoisotopic (exact) mass is 222 g/mol. The fraction of sp³-hybridized carbons (Fsp3) is 0.455. The zero-order valence-corrected chi connectivity index (χ0v) is 9.34. The van der Waals surface area contributed by atoms with Gasteiger partial charge in [-0.2, -0.15) is 0 Å². The van der Waals surface area contributed by atoms with Crippen molar-refractivity contribution in [3.63, 3.8) is 0 Å². The third-order valence-electron chi connectivity index (χ3n) is 2.87. The van der Waals surface area contributed by atoms with E-state index >= 15 is 0 Å². The Balaban J connectivity index is 2.42. The number of nitrogens with zero attached hydrogens (tertiary/aromatic N) is 2. The van der Waals surface area contributed by atoms with Crippen LogP contribution in [0.2, 0.25) is 0 Å². The predicted octanol–water partition coefficient (Wildman–Crippen LogP) is 0.991. The van der Waals surface area contributed by atoms with E-state index in [0.717, 1.165) is 0 Å². The van der Waals surface area contributed by atoms with Gasteiger partial charge in [0.05, 0.1) is 6.04 Å². The summed E-state index contributed by atoms with van der Waals surface area (Å²) in [5, 5.41) is 0. The van der Waals surface area contributed by atoms with Gasteiger partial charge in [-0.05, 0) is 19.1 Å². The summed E-state index contributed by atoms with van der Waals surface area (Å²) in [6.45, 7) is 2.78. The number of hydrogen-bond acceptors (Lipinski definition) is 3. The van der Waals surface area contributed by atoms with Gasteiger partial charge in [0.15, 0.2) is 0 Å². The molecule has 0 radical (unpaired) electrons. The summed E-state index contributed by atoms with van der Waals surface area (Å²) in [5.41, 5.74) is 0.554. The zero-order valence-electron chi connectivity index (χ0n) is 9.34. The second-order valence-corrected chi connectivity index (χ2v) is 3.76. The SMILES string of the molecule is CCn1cccc(C2COC(=O)N2C)c1=O. The minimum Gasteiger partial charge on any atom is -0.447 e. The quantitative estimate of drug-likeness (QED) is 0.749. The lowest BCUT2D eigenvalue weighted by Gasteiger charge is -2.16. The lowest BCUT2D eigenvalue weighted by Crippen LogP contribution is -2.30. The molecule has 1 fully saturated rings.